The van der Waals surface area contributed by atoms with Crippen molar-refractivity contribution in [2.75, 3.05) is 18.9 Å². The molecule has 1 aliphatic rings. The third kappa shape index (κ3) is 3.44. The number of nitrogens with zero attached hydrogens (tertiary/aromatic N) is 1. The molecule has 0 saturated carbocycles. The average Bonchev–Trinajstić information content (AvgIpc) is 2.39. The molecule has 1 amide bonds. The van der Waals surface area contributed by atoms with Gasteiger partial charge in [0.05, 0.1) is 5.56 Å². The molecular formula is C14H21N3O2. The van der Waals surface area contributed by atoms with Gasteiger partial charge in [0.15, 0.2) is 0 Å². The summed E-state index contributed by atoms with van der Waals surface area (Å²) in [5.41, 5.74) is 7.59. The van der Waals surface area contributed by atoms with Gasteiger partial charge in [-0.2, -0.15) is 0 Å². The predicted molar refractivity (Wildman–Crippen MR) is 73.9 cm³/mol. The van der Waals surface area contributed by atoms with Crippen molar-refractivity contribution < 1.29 is 9.53 Å². The molecule has 5 heteroatoms. The quantitative estimate of drug-likeness (QED) is 0.866. The van der Waals surface area contributed by atoms with E-state index in [9.17, 15) is 4.79 Å². The van der Waals surface area contributed by atoms with Gasteiger partial charge in [-0.25, -0.2) is 0 Å². The lowest BCUT2D eigenvalue weighted by Gasteiger charge is -2.28. The molecule has 0 aromatic carbocycles. The van der Waals surface area contributed by atoms with Crippen LogP contribution in [0.2, 0.25) is 0 Å². The Balaban J connectivity index is 1.99. The van der Waals surface area contributed by atoms with Crippen LogP contribution in [0.25, 0.3) is 0 Å². The van der Waals surface area contributed by atoms with Crippen molar-refractivity contribution in [2.45, 2.75) is 32.7 Å². The van der Waals surface area contributed by atoms with Gasteiger partial charge in [-0.3, -0.25) is 9.78 Å². The minimum Gasteiger partial charge on any atom is -0.398 e. The Morgan fingerprint density at radius 3 is 2.84 bits per heavy atom. The Labute approximate surface area is 113 Å². The van der Waals surface area contributed by atoms with Crippen molar-refractivity contribution in [3.63, 3.8) is 0 Å². The minimum atomic E-state index is -0.149. The SMILES string of the molecule is Cc1cc(N)c(C(=O)NC(C)C2CCOCC2)cn1. The lowest BCUT2D eigenvalue weighted by molar-refractivity contribution is 0.0538. The fraction of sp³-hybridized carbons (Fsp3) is 0.571. The molecule has 1 saturated heterocycles. The molecule has 0 bridgehead atoms. The number of carbonyl (C=O) groups is 1. The second kappa shape index (κ2) is 6.02. The molecule has 1 aromatic rings. The number of nitrogens with one attached hydrogen (secondary N) is 1. The average molecular weight is 263 g/mol. The van der Waals surface area contributed by atoms with Crippen LogP contribution < -0.4 is 11.1 Å². The van der Waals surface area contributed by atoms with E-state index in [-0.39, 0.29) is 11.9 Å². The first kappa shape index (κ1) is 13.8. The van der Waals surface area contributed by atoms with Gasteiger partial charge in [0.1, 0.15) is 0 Å². The third-order valence-electron chi connectivity index (χ3n) is 3.65. The Morgan fingerprint density at radius 1 is 1.53 bits per heavy atom. The molecule has 1 atom stereocenters. The van der Waals surface area contributed by atoms with Crippen molar-refractivity contribution in [3.8, 4) is 0 Å². The van der Waals surface area contributed by atoms with Gasteiger partial charge >= 0.3 is 0 Å². The fourth-order valence-corrected chi connectivity index (χ4v) is 2.39. The molecule has 3 N–H and O–H groups in total. The number of pyridine rings is 1. The molecule has 1 fully saturated rings. The Bertz CT molecular complexity index is 456. The number of carbonyl (C=O) groups excluding carboxylic acids is 1. The van der Waals surface area contributed by atoms with Crippen LogP contribution in [0.15, 0.2) is 12.3 Å². The molecular weight excluding hydrogens is 242 g/mol. The summed E-state index contributed by atoms with van der Waals surface area (Å²) in [6, 6.07) is 1.84. The maximum Gasteiger partial charge on any atom is 0.255 e. The first-order chi connectivity index (χ1) is 9.08. The van der Waals surface area contributed by atoms with E-state index in [0.717, 1.165) is 31.7 Å². The Kier molecular flexibility index (Phi) is 4.37. The van der Waals surface area contributed by atoms with E-state index in [0.29, 0.717) is 17.2 Å². The van der Waals surface area contributed by atoms with Gasteiger partial charge in [-0.1, -0.05) is 0 Å². The van der Waals surface area contributed by atoms with E-state index in [2.05, 4.69) is 10.3 Å². The predicted octanol–water partition coefficient (Wildman–Crippen LogP) is 1.52. The van der Waals surface area contributed by atoms with Crippen molar-refractivity contribution >= 4 is 11.6 Å². The van der Waals surface area contributed by atoms with Crippen molar-refractivity contribution in [1.82, 2.24) is 10.3 Å². The highest BCUT2D eigenvalue weighted by molar-refractivity contribution is 5.98. The van der Waals surface area contributed by atoms with E-state index in [1.807, 2.05) is 13.8 Å². The van der Waals surface area contributed by atoms with Crippen LogP contribution in [0.5, 0.6) is 0 Å². The van der Waals surface area contributed by atoms with Gasteiger partial charge < -0.3 is 15.8 Å². The van der Waals surface area contributed by atoms with Crippen LogP contribution in [0.4, 0.5) is 5.69 Å². The monoisotopic (exact) mass is 263 g/mol. The van der Waals surface area contributed by atoms with E-state index < -0.39 is 0 Å². The highest BCUT2D eigenvalue weighted by Gasteiger charge is 2.22. The molecule has 104 valence electrons. The summed E-state index contributed by atoms with van der Waals surface area (Å²) in [6.07, 6.45) is 3.52. The standard InChI is InChI=1S/C14H21N3O2/c1-9-7-13(15)12(8-16-9)14(18)17-10(2)11-3-5-19-6-4-11/h7-8,10-11H,3-6H2,1-2H3,(H2,15,16)(H,17,18). The van der Waals surface area contributed by atoms with Crippen molar-refractivity contribution in [1.29, 1.82) is 0 Å². The van der Waals surface area contributed by atoms with Crippen LogP contribution in [0, 0.1) is 12.8 Å². The molecule has 0 radical (unpaired) electrons. The number of ether oxygens (including phenoxy) is 1. The highest BCUT2D eigenvalue weighted by Crippen LogP contribution is 2.19. The normalized spacial score (nSPS) is 18.0. The Morgan fingerprint density at radius 2 is 2.21 bits per heavy atom. The number of aromatic nitrogens is 1. The molecule has 2 rings (SSSR count). The van der Waals surface area contributed by atoms with Crippen molar-refractivity contribution in [3.05, 3.63) is 23.5 Å². The van der Waals surface area contributed by atoms with E-state index in [1.165, 1.54) is 6.20 Å². The molecule has 5 nitrogen and oxygen atoms in total. The first-order valence-electron chi connectivity index (χ1n) is 6.68. The number of anilines is 1. The topological polar surface area (TPSA) is 77.2 Å². The summed E-state index contributed by atoms with van der Waals surface area (Å²) in [6.45, 7) is 5.44. The molecule has 1 aliphatic heterocycles. The molecule has 19 heavy (non-hydrogen) atoms. The zero-order valence-corrected chi connectivity index (χ0v) is 11.5. The van der Waals surface area contributed by atoms with Crippen LogP contribution in [-0.4, -0.2) is 30.1 Å². The van der Waals surface area contributed by atoms with Gasteiger partial charge in [0.2, 0.25) is 0 Å². The zero-order valence-electron chi connectivity index (χ0n) is 11.5. The van der Waals surface area contributed by atoms with Gasteiger partial charge in [-0.05, 0) is 38.7 Å². The minimum absolute atomic E-state index is 0.122. The van der Waals surface area contributed by atoms with Gasteiger partial charge in [0.25, 0.3) is 5.91 Å². The summed E-state index contributed by atoms with van der Waals surface area (Å²) in [5, 5.41) is 3.01. The molecule has 0 aliphatic carbocycles. The van der Waals surface area contributed by atoms with E-state index in [4.69, 9.17) is 10.5 Å². The number of rotatable bonds is 3. The summed E-state index contributed by atoms with van der Waals surface area (Å²) >= 11 is 0. The third-order valence-corrected chi connectivity index (χ3v) is 3.65. The van der Waals surface area contributed by atoms with Gasteiger partial charge in [-0.15, -0.1) is 0 Å². The maximum absolute atomic E-state index is 12.2. The number of hydrogen-bond donors (Lipinski definition) is 2. The number of aryl methyl sites for hydroxylation is 1. The summed E-state index contributed by atoms with van der Waals surface area (Å²) < 4.78 is 5.33. The number of nitrogen functional groups attached to an aromatic ring is 1. The lowest BCUT2D eigenvalue weighted by Crippen LogP contribution is -2.40. The smallest absolute Gasteiger partial charge is 0.255 e. The second-order valence-electron chi connectivity index (χ2n) is 5.12. The maximum atomic E-state index is 12.2. The first-order valence-corrected chi connectivity index (χ1v) is 6.68. The number of amides is 1. The molecule has 1 unspecified atom stereocenters. The highest BCUT2D eigenvalue weighted by atomic mass is 16.5. The number of hydrogen-bond acceptors (Lipinski definition) is 4. The molecule has 1 aromatic heterocycles. The van der Waals surface area contributed by atoms with Gasteiger partial charge in [0, 0.05) is 36.8 Å². The van der Waals surface area contributed by atoms with Crippen LogP contribution >= 0.6 is 0 Å². The zero-order chi connectivity index (χ0) is 13.8. The molecule has 2 heterocycles. The second-order valence-corrected chi connectivity index (χ2v) is 5.12. The van der Waals surface area contributed by atoms with Crippen LogP contribution in [-0.2, 0) is 4.74 Å². The van der Waals surface area contributed by atoms with E-state index in [1.54, 1.807) is 6.07 Å². The lowest BCUT2D eigenvalue weighted by atomic mass is 9.93. The number of nitrogens with two attached hydrogens (primary N) is 1. The van der Waals surface area contributed by atoms with Crippen LogP contribution in [0.1, 0.15) is 35.8 Å². The fourth-order valence-electron chi connectivity index (χ4n) is 2.39. The van der Waals surface area contributed by atoms with Crippen LogP contribution in [0.3, 0.4) is 0 Å². The summed E-state index contributed by atoms with van der Waals surface area (Å²) in [7, 11) is 0. The van der Waals surface area contributed by atoms with Crippen molar-refractivity contribution in [2.24, 2.45) is 5.92 Å². The Hall–Kier alpha value is -1.62. The largest absolute Gasteiger partial charge is 0.398 e. The van der Waals surface area contributed by atoms with E-state index >= 15 is 0 Å². The summed E-state index contributed by atoms with van der Waals surface area (Å²) in [4.78, 5) is 16.3. The summed E-state index contributed by atoms with van der Waals surface area (Å²) in [5.74, 6) is 0.321. The molecule has 0 spiro atoms.